The first kappa shape index (κ1) is 44.0. The van der Waals surface area contributed by atoms with E-state index in [2.05, 4.69) is 10.6 Å². The molecule has 0 bridgehead atoms. The van der Waals surface area contributed by atoms with Gasteiger partial charge in [0.05, 0.1) is 24.7 Å². The molecule has 14 nitrogen and oxygen atoms in total. The standard InChI is InChI=1S/C41H55ClN4O10/c1-25(21-28-16-17-30(42)32(22-28)53-7)13-10-11-14-29-23-31(54-40(52)44-29)26(2)38-41(4,56-38)33(24-34(47)43-5)55-39(51)27(3)45(6)35(48)15-9-8-12-20-46-36(49)18-19-37(46)50/h10-11,13,16-19,22,26-27,29,31,33,38H,8-9,12,14-15,20-21,23-24H2,1-7H3,(H,43,47)(H,44,52)/b11-10+,25-13+/t26-,27-,29?,31?,33+,38?,41?/m1/s1. The molecule has 1 aromatic carbocycles. The summed E-state index contributed by atoms with van der Waals surface area (Å²) < 4.78 is 23.1. The number of benzene rings is 1. The van der Waals surface area contributed by atoms with Crippen LogP contribution in [-0.4, -0.2) is 109 Å². The molecule has 2 saturated heterocycles. The summed E-state index contributed by atoms with van der Waals surface area (Å²) in [6.07, 6.45) is 9.52. The average Bonchev–Trinajstić information content (AvgIpc) is 3.77. The first-order valence-electron chi connectivity index (χ1n) is 19.1. The molecule has 3 heterocycles. The lowest BCUT2D eigenvalue weighted by Gasteiger charge is -2.33. The second-order valence-corrected chi connectivity index (χ2v) is 15.3. The Morgan fingerprint density at radius 2 is 1.86 bits per heavy atom. The van der Waals surface area contributed by atoms with Crippen LogP contribution in [0, 0.1) is 5.92 Å². The number of allylic oxidation sites excluding steroid dienone is 3. The topological polar surface area (TPSA) is 173 Å². The van der Waals surface area contributed by atoms with E-state index in [9.17, 15) is 28.8 Å². The fraction of sp³-hybridized carbons (Fsp3) is 0.561. The molecule has 15 heteroatoms. The number of imide groups is 1. The van der Waals surface area contributed by atoms with Gasteiger partial charge in [-0.1, -0.05) is 54.8 Å². The maximum absolute atomic E-state index is 13.4. The Hall–Kier alpha value is -4.69. The summed E-state index contributed by atoms with van der Waals surface area (Å²) in [7, 11) is 4.59. The minimum Gasteiger partial charge on any atom is -0.495 e. The summed E-state index contributed by atoms with van der Waals surface area (Å²) in [5.74, 6) is -1.64. The quantitative estimate of drug-likeness (QED) is 0.0612. The molecule has 0 spiro atoms. The van der Waals surface area contributed by atoms with Gasteiger partial charge in [0.25, 0.3) is 11.8 Å². The Morgan fingerprint density at radius 1 is 1.14 bits per heavy atom. The average molecular weight is 799 g/mol. The number of methoxy groups -OCH3 is 1. The molecule has 0 aromatic heterocycles. The van der Waals surface area contributed by atoms with Crippen LogP contribution in [0.2, 0.25) is 5.02 Å². The van der Waals surface area contributed by atoms with Crippen LogP contribution >= 0.6 is 11.6 Å². The summed E-state index contributed by atoms with van der Waals surface area (Å²) in [6.45, 7) is 7.56. The van der Waals surface area contributed by atoms with Crippen molar-refractivity contribution in [3.63, 3.8) is 0 Å². The minimum atomic E-state index is -1.04. The normalized spacial score (nSPS) is 23.6. The summed E-state index contributed by atoms with van der Waals surface area (Å²) in [4.78, 5) is 77.5. The number of epoxide rings is 1. The molecule has 4 rings (SSSR count). The second-order valence-electron chi connectivity index (χ2n) is 14.9. The number of ether oxygens (including phenoxy) is 4. The molecule has 56 heavy (non-hydrogen) atoms. The third-order valence-corrected chi connectivity index (χ3v) is 11.0. The molecule has 4 unspecified atom stereocenters. The van der Waals surface area contributed by atoms with Crippen LogP contribution in [0.25, 0.3) is 0 Å². The summed E-state index contributed by atoms with van der Waals surface area (Å²) >= 11 is 6.15. The summed E-state index contributed by atoms with van der Waals surface area (Å²) in [6, 6.07) is 4.57. The minimum absolute atomic E-state index is 0.165. The fourth-order valence-electron chi connectivity index (χ4n) is 6.99. The van der Waals surface area contributed by atoms with Crippen molar-refractivity contribution < 1.29 is 47.7 Å². The second kappa shape index (κ2) is 19.9. The van der Waals surface area contributed by atoms with E-state index in [1.165, 1.54) is 31.1 Å². The number of esters is 1. The number of nitrogens with one attached hydrogen (secondary N) is 2. The predicted molar refractivity (Wildman–Crippen MR) is 209 cm³/mol. The van der Waals surface area contributed by atoms with E-state index < -0.39 is 42.0 Å². The van der Waals surface area contributed by atoms with Gasteiger partial charge in [0.15, 0.2) is 0 Å². The van der Waals surface area contributed by atoms with Gasteiger partial charge >= 0.3 is 12.1 Å². The maximum atomic E-state index is 13.4. The molecule has 3 aliphatic rings. The first-order chi connectivity index (χ1) is 26.6. The Morgan fingerprint density at radius 3 is 2.54 bits per heavy atom. The van der Waals surface area contributed by atoms with Crippen LogP contribution in [0.5, 0.6) is 5.75 Å². The number of nitrogens with zero attached hydrogens (tertiary/aromatic N) is 2. The molecular weight excluding hydrogens is 744 g/mol. The van der Waals surface area contributed by atoms with Crippen molar-refractivity contribution in [2.24, 2.45) is 5.92 Å². The largest absolute Gasteiger partial charge is 0.495 e. The third kappa shape index (κ3) is 11.7. The van der Waals surface area contributed by atoms with Gasteiger partial charge in [-0.05, 0) is 64.2 Å². The molecule has 0 radical (unpaired) electrons. The van der Waals surface area contributed by atoms with Gasteiger partial charge in [0, 0.05) is 57.6 Å². The number of alkyl carbamates (subject to hydrolysis) is 1. The maximum Gasteiger partial charge on any atom is 0.407 e. The van der Waals surface area contributed by atoms with Crippen molar-refractivity contribution in [1.82, 2.24) is 20.4 Å². The number of rotatable bonds is 20. The van der Waals surface area contributed by atoms with Crippen LogP contribution < -0.4 is 15.4 Å². The number of cyclic esters (lactones) is 1. The third-order valence-electron chi connectivity index (χ3n) is 10.7. The van der Waals surface area contributed by atoms with E-state index in [1.807, 2.05) is 50.3 Å². The fourth-order valence-corrected chi connectivity index (χ4v) is 7.19. The van der Waals surface area contributed by atoms with E-state index in [4.69, 9.17) is 30.5 Å². The van der Waals surface area contributed by atoms with E-state index >= 15 is 0 Å². The Balaban J connectivity index is 1.28. The van der Waals surface area contributed by atoms with Gasteiger partial charge in [-0.25, -0.2) is 9.59 Å². The zero-order valence-electron chi connectivity index (χ0n) is 33.3. The van der Waals surface area contributed by atoms with Crippen LogP contribution in [0.4, 0.5) is 4.79 Å². The number of hydrogen-bond donors (Lipinski definition) is 2. The predicted octanol–water partition coefficient (Wildman–Crippen LogP) is 4.82. The highest BCUT2D eigenvalue weighted by molar-refractivity contribution is 6.32. The van der Waals surface area contributed by atoms with Gasteiger partial charge in [-0.15, -0.1) is 0 Å². The molecule has 0 saturated carbocycles. The Labute approximate surface area is 333 Å². The Bertz CT molecular complexity index is 1710. The number of amides is 5. The van der Waals surface area contributed by atoms with Gasteiger partial charge in [-0.3, -0.25) is 24.1 Å². The van der Waals surface area contributed by atoms with Gasteiger partial charge < -0.3 is 34.5 Å². The first-order valence-corrected chi connectivity index (χ1v) is 19.5. The number of likely N-dealkylation sites (N-methyl/N-ethyl adjacent to an activating group) is 1. The lowest BCUT2D eigenvalue weighted by molar-refractivity contribution is -0.162. The molecule has 3 aliphatic heterocycles. The number of halogens is 1. The van der Waals surface area contributed by atoms with Crippen molar-refractivity contribution in [2.45, 2.75) is 115 Å². The lowest BCUT2D eigenvalue weighted by atomic mass is 9.85. The monoisotopic (exact) mass is 798 g/mol. The van der Waals surface area contributed by atoms with Crippen LogP contribution in [0.1, 0.15) is 78.2 Å². The van der Waals surface area contributed by atoms with Crippen molar-refractivity contribution >= 4 is 47.3 Å². The highest BCUT2D eigenvalue weighted by Gasteiger charge is 2.63. The highest BCUT2D eigenvalue weighted by atomic mass is 35.5. The molecule has 2 N–H and O–H groups in total. The van der Waals surface area contributed by atoms with Crippen LogP contribution in [-0.2, 0) is 44.6 Å². The van der Waals surface area contributed by atoms with E-state index in [-0.39, 0.29) is 55.0 Å². The van der Waals surface area contributed by atoms with E-state index in [1.54, 1.807) is 21.0 Å². The van der Waals surface area contributed by atoms with Gasteiger partial charge in [0.1, 0.15) is 29.6 Å². The molecular formula is C41H55ClN4O10. The smallest absolute Gasteiger partial charge is 0.407 e. The van der Waals surface area contributed by atoms with Crippen LogP contribution in [0.3, 0.4) is 0 Å². The highest BCUT2D eigenvalue weighted by Crippen LogP contribution is 2.48. The molecule has 0 aliphatic carbocycles. The zero-order valence-corrected chi connectivity index (χ0v) is 34.1. The number of carbonyl (C=O) groups is 6. The lowest BCUT2D eigenvalue weighted by Crippen LogP contribution is -2.49. The van der Waals surface area contributed by atoms with E-state index in [0.29, 0.717) is 42.9 Å². The number of unbranched alkanes of at least 4 members (excludes halogenated alkanes) is 2. The molecule has 2 fully saturated rings. The molecule has 1 aromatic rings. The molecule has 7 atom stereocenters. The Kier molecular flexibility index (Phi) is 15.7. The zero-order chi connectivity index (χ0) is 41.2. The van der Waals surface area contributed by atoms with Crippen molar-refractivity contribution in [3.05, 3.63) is 64.7 Å². The SMILES string of the molecule is CNC(=O)C[C@H](OC(=O)[C@@H](C)N(C)C(=O)CCCCCN1C(=O)C=CC1=O)C1(C)OC1[C@H](C)C1CC(C/C=C/C=C(\C)Cc2ccc(Cl)c(OC)c2)NC(=O)O1. The van der Waals surface area contributed by atoms with Crippen molar-refractivity contribution in [3.8, 4) is 5.75 Å². The van der Waals surface area contributed by atoms with E-state index in [0.717, 1.165) is 22.5 Å². The molecule has 306 valence electrons. The van der Waals surface area contributed by atoms with Crippen LogP contribution in [0.15, 0.2) is 54.2 Å². The summed E-state index contributed by atoms with van der Waals surface area (Å²) in [5.41, 5.74) is 1.17. The van der Waals surface area contributed by atoms with Crippen molar-refractivity contribution in [1.29, 1.82) is 0 Å². The summed E-state index contributed by atoms with van der Waals surface area (Å²) in [5, 5.41) is 6.02. The number of carbonyl (C=O) groups excluding carboxylic acids is 6. The number of hydrogen-bond acceptors (Lipinski definition) is 10. The van der Waals surface area contributed by atoms with Crippen molar-refractivity contribution in [2.75, 3.05) is 27.7 Å². The molecule has 5 amide bonds. The van der Waals surface area contributed by atoms with Gasteiger partial charge in [0.2, 0.25) is 11.8 Å². The van der Waals surface area contributed by atoms with Gasteiger partial charge in [-0.2, -0.15) is 0 Å².